The first kappa shape index (κ1) is 21.4. The number of carbonyl (C=O) groups is 1. The number of nitrogens with one attached hydrogen (secondary N) is 1. The lowest BCUT2D eigenvalue weighted by Gasteiger charge is -2.13. The number of aryl methyl sites for hydroxylation is 2. The zero-order chi connectivity index (χ0) is 22.7. The van der Waals surface area contributed by atoms with E-state index in [-0.39, 0.29) is 12.3 Å². The lowest BCUT2D eigenvalue weighted by Crippen LogP contribution is -2.29. The van der Waals surface area contributed by atoms with Crippen LogP contribution in [0.1, 0.15) is 23.4 Å². The van der Waals surface area contributed by atoms with E-state index >= 15 is 0 Å². The minimum absolute atomic E-state index is 0.0632. The van der Waals surface area contributed by atoms with Crippen molar-refractivity contribution >= 4 is 22.5 Å². The first-order valence-corrected chi connectivity index (χ1v) is 10.3. The van der Waals surface area contributed by atoms with Crippen molar-refractivity contribution in [2.45, 2.75) is 26.2 Å². The predicted molar refractivity (Wildman–Crippen MR) is 118 cm³/mol. The number of hydrogen-bond acceptors (Lipinski definition) is 7. The molecule has 0 saturated carbocycles. The van der Waals surface area contributed by atoms with Crippen molar-refractivity contribution in [2.24, 2.45) is 0 Å². The highest BCUT2D eigenvalue weighted by molar-refractivity contribution is 5.89. The van der Waals surface area contributed by atoms with Crippen LogP contribution < -0.4 is 20.4 Å². The second-order valence-electron chi connectivity index (χ2n) is 7.35. The van der Waals surface area contributed by atoms with E-state index in [1.165, 1.54) is 14.2 Å². The van der Waals surface area contributed by atoms with Gasteiger partial charge in [-0.3, -0.25) is 9.20 Å². The van der Waals surface area contributed by atoms with Gasteiger partial charge in [0.1, 0.15) is 5.82 Å². The smallest absolute Gasteiger partial charge is 0.340 e. The van der Waals surface area contributed by atoms with E-state index in [0.717, 1.165) is 11.5 Å². The molecule has 0 aliphatic carbocycles. The number of fused-ring (bicyclic) bond motifs is 2. The molecule has 166 valence electrons. The van der Waals surface area contributed by atoms with Gasteiger partial charge in [0.15, 0.2) is 17.0 Å². The average molecular weight is 436 g/mol. The number of hydrogen-bond donors (Lipinski definition) is 1. The Bertz CT molecular complexity index is 1340. The molecule has 0 bridgehead atoms. The van der Waals surface area contributed by atoms with E-state index < -0.39 is 5.63 Å². The molecule has 0 spiro atoms. The Morgan fingerprint density at radius 3 is 2.78 bits per heavy atom. The van der Waals surface area contributed by atoms with Crippen molar-refractivity contribution in [3.63, 3.8) is 0 Å². The second-order valence-corrected chi connectivity index (χ2v) is 7.35. The van der Waals surface area contributed by atoms with Crippen molar-refractivity contribution in [3.05, 3.63) is 63.9 Å². The van der Waals surface area contributed by atoms with Crippen LogP contribution in [0.5, 0.6) is 11.5 Å². The molecule has 0 saturated heterocycles. The van der Waals surface area contributed by atoms with E-state index in [1.54, 1.807) is 19.1 Å². The summed E-state index contributed by atoms with van der Waals surface area (Å²) >= 11 is 0. The summed E-state index contributed by atoms with van der Waals surface area (Å²) in [7, 11) is 3.00. The summed E-state index contributed by atoms with van der Waals surface area (Å²) in [5.41, 5.74) is 1.54. The summed E-state index contributed by atoms with van der Waals surface area (Å²) < 4.78 is 18.0. The molecule has 0 aliphatic heterocycles. The molecule has 4 aromatic rings. The van der Waals surface area contributed by atoms with Crippen LogP contribution >= 0.6 is 0 Å². The van der Waals surface area contributed by atoms with Crippen LogP contribution in [0.3, 0.4) is 0 Å². The number of pyridine rings is 1. The average Bonchev–Trinajstić information content (AvgIpc) is 3.21. The van der Waals surface area contributed by atoms with Gasteiger partial charge in [-0.1, -0.05) is 6.07 Å². The van der Waals surface area contributed by atoms with Crippen molar-refractivity contribution in [3.8, 4) is 11.5 Å². The maximum Gasteiger partial charge on any atom is 0.340 e. The lowest BCUT2D eigenvalue weighted by molar-refractivity contribution is -0.120. The fourth-order valence-electron chi connectivity index (χ4n) is 3.73. The minimum atomic E-state index is -0.563. The van der Waals surface area contributed by atoms with Crippen molar-refractivity contribution in [2.75, 3.05) is 20.8 Å². The van der Waals surface area contributed by atoms with Crippen molar-refractivity contribution in [1.82, 2.24) is 19.9 Å². The summed E-state index contributed by atoms with van der Waals surface area (Å²) in [5.74, 6) is 1.41. The molecule has 3 heterocycles. The van der Waals surface area contributed by atoms with E-state index in [2.05, 4.69) is 15.5 Å². The van der Waals surface area contributed by atoms with E-state index in [1.807, 2.05) is 28.8 Å². The van der Waals surface area contributed by atoms with Crippen LogP contribution in [0.15, 0.2) is 45.7 Å². The Morgan fingerprint density at radius 1 is 1.16 bits per heavy atom. The van der Waals surface area contributed by atoms with Gasteiger partial charge >= 0.3 is 5.63 Å². The van der Waals surface area contributed by atoms with Crippen molar-refractivity contribution < 1.29 is 18.7 Å². The van der Waals surface area contributed by atoms with Crippen molar-refractivity contribution in [1.29, 1.82) is 0 Å². The number of carbonyl (C=O) groups excluding carboxylic acids is 1. The third-order valence-electron chi connectivity index (χ3n) is 5.42. The van der Waals surface area contributed by atoms with Crippen LogP contribution in [-0.4, -0.2) is 41.3 Å². The molecule has 9 heteroatoms. The summed E-state index contributed by atoms with van der Waals surface area (Å²) in [6.07, 6.45) is 3.22. The largest absolute Gasteiger partial charge is 0.493 e. The maximum absolute atomic E-state index is 12.6. The van der Waals surface area contributed by atoms with Gasteiger partial charge in [-0.25, -0.2) is 4.79 Å². The Hall–Kier alpha value is -3.88. The van der Waals surface area contributed by atoms with E-state index in [0.29, 0.717) is 53.0 Å². The number of aromatic nitrogens is 3. The van der Waals surface area contributed by atoms with Gasteiger partial charge in [-0.05, 0) is 43.2 Å². The molecule has 0 atom stereocenters. The zero-order valence-electron chi connectivity index (χ0n) is 18.2. The van der Waals surface area contributed by atoms with E-state index in [4.69, 9.17) is 13.9 Å². The normalized spacial score (nSPS) is 11.1. The SMILES string of the molecule is COc1ccc2c(C)c(CC(=O)NCCCc3nnc4ccccn34)c(=O)oc2c1OC. The quantitative estimate of drug-likeness (QED) is 0.334. The standard InChI is InChI=1S/C23H24N4O5/c1-14-15-9-10-17(30-2)22(31-3)21(15)32-23(29)16(14)13-20(28)24-11-6-8-19-26-25-18-7-4-5-12-27(18)19/h4-5,7,9-10,12H,6,8,11,13H2,1-3H3,(H,24,28). The fraction of sp³-hybridized carbons (Fsp3) is 0.304. The van der Waals surface area contributed by atoms with Gasteiger partial charge < -0.3 is 19.2 Å². The minimum Gasteiger partial charge on any atom is -0.493 e. The number of rotatable bonds is 8. The molecule has 0 unspecified atom stereocenters. The molecule has 1 N–H and O–H groups in total. The summed E-state index contributed by atoms with van der Waals surface area (Å²) in [6.45, 7) is 2.26. The summed E-state index contributed by atoms with van der Waals surface area (Å²) in [6, 6.07) is 9.25. The Kier molecular flexibility index (Phi) is 6.07. The van der Waals surface area contributed by atoms with Crippen LogP contribution in [0.25, 0.3) is 16.6 Å². The number of methoxy groups -OCH3 is 2. The first-order chi connectivity index (χ1) is 15.5. The van der Waals surface area contributed by atoms with Crippen LogP contribution in [0, 0.1) is 6.92 Å². The topological polar surface area (TPSA) is 108 Å². The molecule has 0 radical (unpaired) electrons. The third-order valence-corrected chi connectivity index (χ3v) is 5.42. The molecule has 1 amide bonds. The maximum atomic E-state index is 12.6. The molecule has 1 aromatic carbocycles. The molecule has 9 nitrogen and oxygen atoms in total. The van der Waals surface area contributed by atoms with Gasteiger partial charge in [-0.2, -0.15) is 0 Å². The van der Waals surface area contributed by atoms with Gasteiger partial charge in [0, 0.05) is 24.5 Å². The zero-order valence-corrected chi connectivity index (χ0v) is 18.2. The molecule has 32 heavy (non-hydrogen) atoms. The monoisotopic (exact) mass is 436 g/mol. The van der Waals surface area contributed by atoms with Gasteiger partial charge in [-0.15, -0.1) is 10.2 Å². The number of nitrogens with zero attached hydrogens (tertiary/aromatic N) is 3. The molecule has 4 rings (SSSR count). The summed E-state index contributed by atoms with van der Waals surface area (Å²) in [5, 5.41) is 11.9. The van der Waals surface area contributed by atoms with Gasteiger partial charge in [0.05, 0.1) is 26.2 Å². The van der Waals surface area contributed by atoms with Gasteiger partial charge in [0.25, 0.3) is 0 Å². The predicted octanol–water partition coefficient (Wildman–Crippen LogP) is 2.45. The highest BCUT2D eigenvalue weighted by Gasteiger charge is 2.19. The number of amides is 1. The molecule has 0 aliphatic rings. The summed E-state index contributed by atoms with van der Waals surface area (Å²) in [4.78, 5) is 25.1. The number of ether oxygens (including phenoxy) is 2. The molecular formula is C23H24N4O5. The molecular weight excluding hydrogens is 412 g/mol. The molecule has 3 aromatic heterocycles. The molecule has 0 fully saturated rings. The third kappa shape index (κ3) is 4.01. The Morgan fingerprint density at radius 2 is 2.00 bits per heavy atom. The van der Waals surface area contributed by atoms with E-state index in [9.17, 15) is 9.59 Å². The highest BCUT2D eigenvalue weighted by atomic mass is 16.5. The van der Waals surface area contributed by atoms with Crippen LogP contribution in [-0.2, 0) is 17.6 Å². The highest BCUT2D eigenvalue weighted by Crippen LogP contribution is 2.36. The fourth-order valence-corrected chi connectivity index (χ4v) is 3.73. The first-order valence-electron chi connectivity index (χ1n) is 10.3. The van der Waals surface area contributed by atoms with Gasteiger partial charge in [0.2, 0.25) is 11.7 Å². The number of benzene rings is 1. The lowest BCUT2D eigenvalue weighted by atomic mass is 10.0. The van der Waals surface area contributed by atoms with Crippen LogP contribution in [0.4, 0.5) is 0 Å². The Balaban J connectivity index is 1.42. The second kappa shape index (κ2) is 9.09. The Labute approximate surface area is 184 Å². The van der Waals surface area contributed by atoms with Crippen LogP contribution in [0.2, 0.25) is 0 Å².